The van der Waals surface area contributed by atoms with E-state index in [-0.39, 0.29) is 0 Å². The highest BCUT2D eigenvalue weighted by molar-refractivity contribution is 6.30. The van der Waals surface area contributed by atoms with Gasteiger partial charge in [-0.1, -0.05) is 23.7 Å². The molecule has 0 aliphatic carbocycles. The maximum absolute atomic E-state index is 11.5. The maximum Gasteiger partial charge on any atom is 0.324 e. The summed E-state index contributed by atoms with van der Waals surface area (Å²) in [4.78, 5) is 34.3. The maximum atomic E-state index is 11.5. The number of carbonyl (C=O) groups excluding carboxylic acids is 1. The fourth-order valence-electron chi connectivity index (χ4n) is 2.83. The van der Waals surface area contributed by atoms with Gasteiger partial charge in [-0.25, -0.2) is 0 Å². The Labute approximate surface area is 125 Å². The van der Waals surface area contributed by atoms with Crippen molar-refractivity contribution in [1.29, 1.82) is 0 Å². The Morgan fingerprint density at radius 2 is 2.05 bits per heavy atom. The molecule has 0 unspecified atom stereocenters. The lowest BCUT2D eigenvalue weighted by Crippen LogP contribution is -2.52. The predicted molar refractivity (Wildman–Crippen MR) is 74.3 cm³/mol. The third-order valence-corrected chi connectivity index (χ3v) is 4.19. The van der Waals surface area contributed by atoms with Crippen molar-refractivity contribution in [2.75, 3.05) is 0 Å². The summed E-state index contributed by atoms with van der Waals surface area (Å²) in [6, 6.07) is 5.26. The number of hydrogen-bond donors (Lipinski definition) is 3. The van der Waals surface area contributed by atoms with Crippen LogP contribution in [0.15, 0.2) is 24.3 Å². The second-order valence-electron chi connectivity index (χ2n) is 5.21. The van der Waals surface area contributed by atoms with Gasteiger partial charge in [-0.05, 0) is 24.6 Å². The molecular weight excluding hydrogens is 298 g/mol. The first-order chi connectivity index (χ1) is 9.81. The zero-order valence-electron chi connectivity index (χ0n) is 11.1. The van der Waals surface area contributed by atoms with Crippen LogP contribution in [0.5, 0.6) is 0 Å². The average Bonchev–Trinajstić information content (AvgIpc) is 2.73. The van der Waals surface area contributed by atoms with E-state index in [1.807, 2.05) is 0 Å². The van der Waals surface area contributed by atoms with E-state index in [0.717, 1.165) is 0 Å². The zero-order valence-corrected chi connectivity index (χ0v) is 11.9. The predicted octanol–water partition coefficient (Wildman–Crippen LogP) is 1.14. The minimum absolute atomic E-state index is 0.394. The fraction of sp³-hybridized carbons (Fsp3) is 0.357. The Hall–Kier alpha value is -1.92. The number of hydrogen-bond acceptors (Lipinski definition) is 4. The SMILES string of the molecule is C[C@@]1(C(=O)O)N[C@H](C(=O)O)[C@@H](c2cccc(Cl)c2)[C@@H]1C=O. The summed E-state index contributed by atoms with van der Waals surface area (Å²) < 4.78 is 0. The van der Waals surface area contributed by atoms with Crippen LogP contribution in [0.25, 0.3) is 0 Å². The lowest BCUT2D eigenvalue weighted by molar-refractivity contribution is -0.146. The number of benzene rings is 1. The van der Waals surface area contributed by atoms with Crippen LogP contribution in [0.1, 0.15) is 18.4 Å². The number of nitrogens with one attached hydrogen (secondary N) is 1. The van der Waals surface area contributed by atoms with Crippen molar-refractivity contribution < 1.29 is 24.6 Å². The van der Waals surface area contributed by atoms with Gasteiger partial charge in [0.2, 0.25) is 0 Å². The summed E-state index contributed by atoms with van der Waals surface area (Å²) in [5, 5.41) is 21.6. The van der Waals surface area contributed by atoms with E-state index in [9.17, 15) is 24.6 Å². The van der Waals surface area contributed by atoms with Gasteiger partial charge in [-0.15, -0.1) is 0 Å². The first-order valence-electron chi connectivity index (χ1n) is 6.26. The smallest absolute Gasteiger partial charge is 0.324 e. The van der Waals surface area contributed by atoms with E-state index < -0.39 is 35.4 Å². The normalized spacial score (nSPS) is 31.8. The van der Waals surface area contributed by atoms with Crippen LogP contribution in [-0.2, 0) is 14.4 Å². The Kier molecular flexibility index (Phi) is 4.02. The molecule has 112 valence electrons. The lowest BCUT2D eigenvalue weighted by atomic mass is 9.77. The van der Waals surface area contributed by atoms with Crippen molar-refractivity contribution in [3.8, 4) is 0 Å². The van der Waals surface area contributed by atoms with Gasteiger partial charge < -0.3 is 15.0 Å². The first kappa shape index (κ1) is 15.5. The van der Waals surface area contributed by atoms with E-state index >= 15 is 0 Å². The molecular formula is C14H14ClNO5. The highest BCUT2D eigenvalue weighted by Gasteiger charge is 2.57. The van der Waals surface area contributed by atoms with Gasteiger partial charge >= 0.3 is 11.9 Å². The number of halogens is 1. The molecule has 1 heterocycles. The fourth-order valence-corrected chi connectivity index (χ4v) is 3.03. The number of carboxylic acids is 2. The summed E-state index contributed by atoms with van der Waals surface area (Å²) in [6.07, 6.45) is 0.496. The minimum Gasteiger partial charge on any atom is -0.480 e. The Morgan fingerprint density at radius 1 is 1.38 bits per heavy atom. The minimum atomic E-state index is -1.64. The topological polar surface area (TPSA) is 104 Å². The van der Waals surface area contributed by atoms with Crippen molar-refractivity contribution in [3.63, 3.8) is 0 Å². The van der Waals surface area contributed by atoms with Crippen LogP contribution in [0.2, 0.25) is 5.02 Å². The second kappa shape index (κ2) is 5.46. The third-order valence-electron chi connectivity index (χ3n) is 3.96. The van der Waals surface area contributed by atoms with Crippen LogP contribution in [0.4, 0.5) is 0 Å². The van der Waals surface area contributed by atoms with E-state index in [2.05, 4.69) is 5.32 Å². The van der Waals surface area contributed by atoms with Crippen molar-refractivity contribution >= 4 is 29.8 Å². The molecule has 0 spiro atoms. The number of aldehydes is 1. The number of carbonyl (C=O) groups is 3. The Balaban J connectivity index is 2.56. The summed E-state index contributed by atoms with van der Waals surface area (Å²) >= 11 is 5.90. The monoisotopic (exact) mass is 311 g/mol. The van der Waals surface area contributed by atoms with E-state index in [1.165, 1.54) is 6.92 Å². The molecule has 3 N–H and O–H groups in total. The molecule has 0 bridgehead atoms. The summed E-state index contributed by atoms with van der Waals surface area (Å²) in [5.74, 6) is -4.30. The molecule has 2 rings (SSSR count). The largest absolute Gasteiger partial charge is 0.480 e. The molecule has 1 aromatic carbocycles. The molecule has 21 heavy (non-hydrogen) atoms. The highest BCUT2D eigenvalue weighted by atomic mass is 35.5. The van der Waals surface area contributed by atoms with E-state index in [4.69, 9.17) is 11.6 Å². The van der Waals surface area contributed by atoms with Crippen molar-refractivity contribution in [1.82, 2.24) is 5.32 Å². The molecule has 0 amide bonds. The van der Waals surface area contributed by atoms with Gasteiger partial charge in [0.25, 0.3) is 0 Å². The molecule has 1 fully saturated rings. The van der Waals surface area contributed by atoms with Gasteiger partial charge in [0, 0.05) is 10.9 Å². The Morgan fingerprint density at radius 3 is 2.52 bits per heavy atom. The first-order valence-corrected chi connectivity index (χ1v) is 6.63. The molecule has 0 aromatic heterocycles. The molecule has 1 aliphatic rings. The van der Waals surface area contributed by atoms with Crippen LogP contribution >= 0.6 is 11.6 Å². The van der Waals surface area contributed by atoms with Crippen LogP contribution in [0, 0.1) is 5.92 Å². The molecule has 1 saturated heterocycles. The van der Waals surface area contributed by atoms with Gasteiger partial charge in [0.05, 0.1) is 5.92 Å². The molecule has 4 atom stereocenters. The molecule has 1 aliphatic heterocycles. The van der Waals surface area contributed by atoms with E-state index in [0.29, 0.717) is 16.9 Å². The molecule has 0 saturated carbocycles. The van der Waals surface area contributed by atoms with Crippen molar-refractivity contribution in [2.45, 2.75) is 24.4 Å². The molecule has 1 aromatic rings. The molecule has 6 nitrogen and oxygen atoms in total. The van der Waals surface area contributed by atoms with Gasteiger partial charge in [-0.3, -0.25) is 14.9 Å². The van der Waals surface area contributed by atoms with Crippen LogP contribution in [-0.4, -0.2) is 40.0 Å². The average molecular weight is 312 g/mol. The van der Waals surface area contributed by atoms with Crippen molar-refractivity contribution in [3.05, 3.63) is 34.9 Å². The summed E-state index contributed by atoms with van der Waals surface area (Å²) in [6.45, 7) is 1.31. The number of rotatable bonds is 4. The van der Waals surface area contributed by atoms with E-state index in [1.54, 1.807) is 24.3 Å². The van der Waals surface area contributed by atoms with Gasteiger partial charge in [0.1, 0.15) is 17.9 Å². The summed E-state index contributed by atoms with van der Waals surface area (Å²) in [5.41, 5.74) is -1.12. The number of carboxylic acid groups (broad SMARTS) is 2. The van der Waals surface area contributed by atoms with Crippen LogP contribution in [0.3, 0.4) is 0 Å². The quantitative estimate of drug-likeness (QED) is 0.720. The van der Waals surface area contributed by atoms with Crippen molar-refractivity contribution in [2.24, 2.45) is 5.92 Å². The highest BCUT2D eigenvalue weighted by Crippen LogP contribution is 2.41. The third kappa shape index (κ3) is 2.52. The Bertz CT molecular complexity index is 605. The molecule has 0 radical (unpaired) electrons. The zero-order chi connectivity index (χ0) is 15.8. The summed E-state index contributed by atoms with van der Waals surface area (Å²) in [7, 11) is 0. The van der Waals surface area contributed by atoms with Crippen LogP contribution < -0.4 is 5.32 Å². The van der Waals surface area contributed by atoms with Gasteiger partial charge in [0.15, 0.2) is 0 Å². The second-order valence-corrected chi connectivity index (χ2v) is 5.65. The molecule has 7 heteroatoms. The number of aliphatic carboxylic acids is 2. The lowest BCUT2D eigenvalue weighted by Gasteiger charge is -2.25. The standard InChI is InChI=1S/C14H14ClNO5/c1-14(13(20)21)9(6-17)10(11(16-14)12(18)19)7-3-2-4-8(15)5-7/h2-6,9-11,16H,1H3,(H,18,19)(H,20,21)/t9-,10-,11-,14+/m0/s1. The van der Waals surface area contributed by atoms with Gasteiger partial charge in [-0.2, -0.15) is 0 Å².